The number of anilines is 2. The molecule has 1 atom stereocenters. The molecule has 2 aromatic carbocycles. The summed E-state index contributed by atoms with van der Waals surface area (Å²) in [5.41, 5.74) is 2.57. The number of benzene rings is 2. The fourth-order valence-electron chi connectivity index (χ4n) is 3.29. The van der Waals surface area contributed by atoms with Crippen LogP contribution in [0.1, 0.15) is 17.2 Å². The molecule has 0 spiro atoms. The highest BCUT2D eigenvalue weighted by molar-refractivity contribution is 7.08. The van der Waals surface area contributed by atoms with Crippen molar-refractivity contribution < 1.29 is 14.0 Å². The lowest BCUT2D eigenvalue weighted by Gasteiger charge is -2.40. The van der Waals surface area contributed by atoms with E-state index in [9.17, 15) is 14.0 Å². The highest BCUT2D eigenvalue weighted by Crippen LogP contribution is 2.36. The van der Waals surface area contributed by atoms with E-state index in [2.05, 4.69) is 0 Å². The molecule has 1 aliphatic rings. The number of piperazine rings is 1. The van der Waals surface area contributed by atoms with E-state index in [1.165, 1.54) is 33.3 Å². The van der Waals surface area contributed by atoms with Gasteiger partial charge in [0.25, 0.3) is 5.91 Å². The molecule has 4 nitrogen and oxygen atoms in total. The van der Waals surface area contributed by atoms with E-state index in [1.54, 1.807) is 12.1 Å². The number of carbonyl (C=O) groups is 2. The molecule has 2 heterocycles. The van der Waals surface area contributed by atoms with Gasteiger partial charge in [-0.1, -0.05) is 29.8 Å². The van der Waals surface area contributed by atoms with Crippen LogP contribution in [0, 0.1) is 12.7 Å². The third-order valence-corrected chi connectivity index (χ3v) is 5.34. The van der Waals surface area contributed by atoms with Gasteiger partial charge in [-0.3, -0.25) is 19.4 Å². The number of halogens is 1. The summed E-state index contributed by atoms with van der Waals surface area (Å²) >= 11 is 1.45. The van der Waals surface area contributed by atoms with E-state index < -0.39 is 11.9 Å². The number of nitrogens with zero attached hydrogens (tertiary/aromatic N) is 2. The molecular weight excluding hydrogens is 363 g/mol. The quantitative estimate of drug-likeness (QED) is 0.679. The number of carbonyl (C=O) groups excluding carboxylic acids is 2. The van der Waals surface area contributed by atoms with Crippen molar-refractivity contribution in [3.8, 4) is 0 Å². The third-order valence-electron chi connectivity index (χ3n) is 4.63. The van der Waals surface area contributed by atoms with Crippen molar-refractivity contribution in [2.24, 2.45) is 0 Å². The van der Waals surface area contributed by atoms with Gasteiger partial charge in [0.1, 0.15) is 18.4 Å². The molecular formula is C21H17FN2O2S. The number of amides is 2. The second kappa shape index (κ2) is 6.96. The van der Waals surface area contributed by atoms with Crippen LogP contribution in [0.15, 0.2) is 65.4 Å². The van der Waals surface area contributed by atoms with Crippen LogP contribution in [-0.4, -0.2) is 18.4 Å². The molecule has 0 saturated carbocycles. The van der Waals surface area contributed by atoms with E-state index >= 15 is 0 Å². The first kappa shape index (κ1) is 17.4. The molecule has 0 radical (unpaired) electrons. The Morgan fingerprint density at radius 2 is 1.78 bits per heavy atom. The number of thiophene rings is 1. The molecule has 1 aliphatic heterocycles. The average Bonchev–Trinajstić information content (AvgIpc) is 3.19. The Morgan fingerprint density at radius 3 is 2.44 bits per heavy atom. The summed E-state index contributed by atoms with van der Waals surface area (Å²) in [7, 11) is 0. The van der Waals surface area contributed by atoms with Crippen LogP contribution in [0.2, 0.25) is 0 Å². The molecule has 3 aromatic rings. The van der Waals surface area contributed by atoms with Crippen molar-refractivity contribution in [2.45, 2.75) is 13.0 Å². The van der Waals surface area contributed by atoms with Gasteiger partial charge in [0, 0.05) is 5.69 Å². The second-order valence-corrected chi connectivity index (χ2v) is 7.21. The zero-order valence-electron chi connectivity index (χ0n) is 14.6. The Morgan fingerprint density at radius 1 is 1.04 bits per heavy atom. The number of aryl methyl sites for hydroxylation is 1. The highest BCUT2D eigenvalue weighted by atomic mass is 32.1. The van der Waals surface area contributed by atoms with Crippen LogP contribution in [0.25, 0.3) is 0 Å². The fourth-order valence-corrected chi connectivity index (χ4v) is 3.97. The molecule has 1 unspecified atom stereocenters. The molecule has 6 heteroatoms. The first-order valence-corrected chi connectivity index (χ1v) is 9.47. The van der Waals surface area contributed by atoms with Crippen molar-refractivity contribution >= 4 is 34.5 Å². The van der Waals surface area contributed by atoms with Gasteiger partial charge in [-0.25, -0.2) is 4.39 Å². The normalized spacial score (nSPS) is 17.5. The van der Waals surface area contributed by atoms with Gasteiger partial charge in [-0.05, 0) is 53.6 Å². The largest absolute Gasteiger partial charge is 0.298 e. The second-order valence-electron chi connectivity index (χ2n) is 6.43. The lowest BCUT2D eigenvalue weighted by atomic mass is 10.0. The minimum atomic E-state index is -0.820. The minimum absolute atomic E-state index is 0.125. The van der Waals surface area contributed by atoms with Gasteiger partial charge < -0.3 is 0 Å². The van der Waals surface area contributed by atoms with Crippen LogP contribution >= 0.6 is 11.3 Å². The minimum Gasteiger partial charge on any atom is -0.298 e. The molecule has 0 aliphatic carbocycles. The van der Waals surface area contributed by atoms with E-state index in [0.29, 0.717) is 5.69 Å². The summed E-state index contributed by atoms with van der Waals surface area (Å²) in [6.45, 7) is 1.76. The van der Waals surface area contributed by atoms with Crippen molar-refractivity contribution in [1.29, 1.82) is 0 Å². The van der Waals surface area contributed by atoms with Crippen molar-refractivity contribution in [3.63, 3.8) is 0 Å². The molecule has 0 N–H and O–H groups in total. The van der Waals surface area contributed by atoms with Crippen LogP contribution < -0.4 is 9.80 Å². The van der Waals surface area contributed by atoms with Crippen LogP contribution in [0.5, 0.6) is 0 Å². The zero-order chi connectivity index (χ0) is 19.0. The van der Waals surface area contributed by atoms with Gasteiger partial charge in [-0.2, -0.15) is 11.3 Å². The Hall–Kier alpha value is -2.99. The fraction of sp³-hybridized carbons (Fsp3) is 0.143. The average molecular weight is 380 g/mol. The zero-order valence-corrected chi connectivity index (χ0v) is 15.4. The molecule has 1 fully saturated rings. The molecule has 136 valence electrons. The number of para-hydroxylation sites is 1. The molecule has 1 aromatic heterocycles. The summed E-state index contributed by atoms with van der Waals surface area (Å²) in [6, 6.07) is 14.5. The van der Waals surface area contributed by atoms with Gasteiger partial charge >= 0.3 is 0 Å². The van der Waals surface area contributed by atoms with Crippen molar-refractivity contribution in [1.82, 2.24) is 0 Å². The predicted molar refractivity (Wildman–Crippen MR) is 104 cm³/mol. The smallest absolute Gasteiger partial charge is 0.255 e. The first-order valence-electron chi connectivity index (χ1n) is 8.53. The van der Waals surface area contributed by atoms with E-state index in [1.807, 2.05) is 48.0 Å². The topological polar surface area (TPSA) is 40.6 Å². The lowest BCUT2D eigenvalue weighted by molar-refractivity contribution is -0.128. The van der Waals surface area contributed by atoms with Crippen molar-refractivity contribution in [3.05, 3.63) is 82.3 Å². The number of hydrogen-bond acceptors (Lipinski definition) is 3. The van der Waals surface area contributed by atoms with Crippen LogP contribution in [-0.2, 0) is 9.59 Å². The summed E-state index contributed by atoms with van der Waals surface area (Å²) in [5, 5.41) is 3.71. The standard InChI is InChI=1S/C21H17FN2O2S/c1-14-6-8-16(9-7-14)24-19(25)12-23(18-5-3-2-4-17(18)22)21(26)20(24)15-10-11-27-13-15/h2-11,13,20H,12H2,1H3. The predicted octanol–water partition coefficient (Wildman–Crippen LogP) is 4.32. The van der Waals surface area contributed by atoms with Gasteiger partial charge in [0.15, 0.2) is 0 Å². The number of hydrogen-bond donors (Lipinski definition) is 0. The summed E-state index contributed by atoms with van der Waals surface area (Å²) < 4.78 is 14.3. The molecule has 1 saturated heterocycles. The maximum Gasteiger partial charge on any atom is 0.255 e. The van der Waals surface area contributed by atoms with Crippen LogP contribution in [0.3, 0.4) is 0 Å². The maximum atomic E-state index is 14.3. The first-order chi connectivity index (χ1) is 13.1. The SMILES string of the molecule is Cc1ccc(N2C(=O)CN(c3ccccc3F)C(=O)C2c2ccsc2)cc1. The summed E-state index contributed by atoms with van der Waals surface area (Å²) in [5.74, 6) is -1.09. The van der Waals surface area contributed by atoms with Gasteiger partial charge in [0.2, 0.25) is 5.91 Å². The molecule has 4 rings (SSSR count). The summed E-state index contributed by atoms with van der Waals surface area (Å²) in [4.78, 5) is 29.1. The maximum absolute atomic E-state index is 14.3. The van der Waals surface area contributed by atoms with E-state index in [0.717, 1.165) is 11.1 Å². The monoisotopic (exact) mass is 380 g/mol. The Bertz CT molecular complexity index is 986. The Balaban J connectivity index is 1.80. The van der Waals surface area contributed by atoms with Crippen molar-refractivity contribution in [2.75, 3.05) is 16.3 Å². The molecule has 0 bridgehead atoms. The van der Waals surface area contributed by atoms with Crippen LogP contribution in [0.4, 0.5) is 15.8 Å². The summed E-state index contributed by atoms with van der Waals surface area (Å²) in [6.07, 6.45) is 0. The number of rotatable bonds is 3. The third kappa shape index (κ3) is 3.13. The van der Waals surface area contributed by atoms with Gasteiger partial charge in [0.05, 0.1) is 5.69 Å². The Labute approximate surface area is 160 Å². The lowest BCUT2D eigenvalue weighted by Crippen LogP contribution is -2.56. The van der Waals surface area contributed by atoms with E-state index in [4.69, 9.17) is 0 Å². The highest BCUT2D eigenvalue weighted by Gasteiger charge is 2.42. The molecule has 2 amide bonds. The van der Waals surface area contributed by atoms with E-state index in [-0.39, 0.29) is 24.0 Å². The molecule has 27 heavy (non-hydrogen) atoms. The Kier molecular flexibility index (Phi) is 4.49. The van der Waals surface area contributed by atoms with Gasteiger partial charge in [-0.15, -0.1) is 0 Å².